The van der Waals surface area contributed by atoms with Gasteiger partial charge in [-0.2, -0.15) is 4.98 Å². The number of para-hydroxylation sites is 1. The maximum atomic E-state index is 13.1. The molecule has 0 bridgehead atoms. The van der Waals surface area contributed by atoms with E-state index in [1.807, 2.05) is 24.3 Å². The number of hydrogen-bond acceptors (Lipinski definition) is 4. The Hall–Kier alpha value is -2.88. The van der Waals surface area contributed by atoms with Gasteiger partial charge in [0.2, 0.25) is 0 Å². The number of benzene rings is 2. The molecule has 6 nitrogen and oxygen atoms in total. The minimum atomic E-state index is -0.445. The zero-order chi connectivity index (χ0) is 20.2. The van der Waals surface area contributed by atoms with Gasteiger partial charge in [-0.15, -0.1) is 0 Å². The molecule has 0 atom stereocenters. The van der Waals surface area contributed by atoms with Crippen molar-refractivity contribution in [2.45, 2.75) is 37.1 Å². The van der Waals surface area contributed by atoms with Crippen molar-refractivity contribution in [3.8, 4) is 5.69 Å². The number of anilines is 1. The summed E-state index contributed by atoms with van der Waals surface area (Å²) in [5.41, 5.74) is 1.90. The van der Waals surface area contributed by atoms with Gasteiger partial charge in [0.25, 0.3) is 0 Å². The van der Waals surface area contributed by atoms with Gasteiger partial charge in [-0.1, -0.05) is 23.7 Å². The second-order valence-corrected chi connectivity index (χ2v) is 8.31. The Morgan fingerprint density at radius 2 is 2.07 bits per heavy atom. The Balaban J connectivity index is 1.82. The Labute approximate surface area is 172 Å². The van der Waals surface area contributed by atoms with Crippen LogP contribution in [0, 0.1) is 6.57 Å². The van der Waals surface area contributed by atoms with Gasteiger partial charge in [-0.05, 0) is 61.4 Å². The molecule has 0 spiro atoms. The van der Waals surface area contributed by atoms with Crippen LogP contribution >= 0.6 is 11.6 Å². The van der Waals surface area contributed by atoms with Crippen LogP contribution in [0.15, 0.2) is 41.2 Å². The highest BCUT2D eigenvalue weighted by Crippen LogP contribution is 2.47. The lowest BCUT2D eigenvalue weighted by Crippen LogP contribution is -2.30. The lowest BCUT2D eigenvalue weighted by atomic mass is 10.0. The molecule has 3 aromatic rings. The Morgan fingerprint density at radius 1 is 1.31 bits per heavy atom. The number of fused-ring (bicyclic) bond motifs is 1. The van der Waals surface area contributed by atoms with Gasteiger partial charge in [-0.25, -0.2) is 9.64 Å². The van der Waals surface area contributed by atoms with E-state index in [9.17, 15) is 9.90 Å². The number of nitrogens with one attached hydrogen (secondary N) is 1. The fraction of sp³-hybridized carbons (Fsp3) is 0.318. The Morgan fingerprint density at radius 3 is 2.69 bits per heavy atom. The van der Waals surface area contributed by atoms with Crippen molar-refractivity contribution in [1.29, 1.82) is 0 Å². The normalized spacial score (nSPS) is 17.1. The summed E-state index contributed by atoms with van der Waals surface area (Å²) in [6, 6.07) is 10.9. The van der Waals surface area contributed by atoms with E-state index in [1.165, 1.54) is 4.57 Å². The van der Waals surface area contributed by atoms with Gasteiger partial charge in [0.05, 0.1) is 34.9 Å². The summed E-state index contributed by atoms with van der Waals surface area (Å²) in [6.07, 6.45) is 3.73. The highest BCUT2D eigenvalue weighted by atomic mass is 35.5. The summed E-state index contributed by atoms with van der Waals surface area (Å²) in [5, 5.41) is 14.1. The van der Waals surface area contributed by atoms with Gasteiger partial charge >= 0.3 is 5.69 Å². The Bertz CT molecular complexity index is 1240. The number of aromatic nitrogens is 2. The van der Waals surface area contributed by atoms with E-state index in [4.69, 9.17) is 18.2 Å². The highest BCUT2D eigenvalue weighted by Gasteiger charge is 2.43. The first-order valence-electron chi connectivity index (χ1n) is 9.67. The summed E-state index contributed by atoms with van der Waals surface area (Å²) >= 11 is 6.40. The van der Waals surface area contributed by atoms with Crippen molar-refractivity contribution in [3.63, 3.8) is 0 Å². The molecule has 2 N–H and O–H groups in total. The molecule has 1 heterocycles. The quantitative estimate of drug-likeness (QED) is 0.616. The van der Waals surface area contributed by atoms with Crippen molar-refractivity contribution in [2.24, 2.45) is 0 Å². The topological polar surface area (TPSA) is 71.5 Å². The minimum absolute atomic E-state index is 0.0282. The average Bonchev–Trinajstić information content (AvgIpc) is 3.64. The van der Waals surface area contributed by atoms with Crippen molar-refractivity contribution < 1.29 is 5.11 Å². The molecule has 2 aromatic carbocycles. The summed E-state index contributed by atoms with van der Waals surface area (Å²) in [7, 11) is 0. The highest BCUT2D eigenvalue weighted by molar-refractivity contribution is 6.32. The number of rotatable bonds is 5. The van der Waals surface area contributed by atoms with E-state index in [0.29, 0.717) is 39.0 Å². The third kappa shape index (κ3) is 3.07. The van der Waals surface area contributed by atoms with Crippen LogP contribution in [0.25, 0.3) is 21.4 Å². The predicted octanol–water partition coefficient (Wildman–Crippen LogP) is 4.40. The SMILES string of the molecule is [C-]#[N+]c1cc2c(NC3(CO)CC3)nc(=O)n(-c3ccccc3Cl)c2cc1C1CC1. The van der Waals surface area contributed by atoms with Crippen LogP contribution in [0.5, 0.6) is 0 Å². The monoisotopic (exact) mass is 406 g/mol. The third-order valence-corrected chi connectivity index (χ3v) is 6.13. The van der Waals surface area contributed by atoms with E-state index in [-0.39, 0.29) is 6.61 Å². The number of aliphatic hydroxyl groups excluding tert-OH is 1. The molecule has 0 unspecified atom stereocenters. The van der Waals surface area contributed by atoms with E-state index in [2.05, 4.69) is 15.1 Å². The molecule has 146 valence electrons. The van der Waals surface area contributed by atoms with E-state index in [1.54, 1.807) is 12.1 Å². The van der Waals surface area contributed by atoms with Crippen molar-refractivity contribution >= 4 is 34.0 Å². The molecule has 0 aliphatic heterocycles. The third-order valence-electron chi connectivity index (χ3n) is 5.81. The lowest BCUT2D eigenvalue weighted by molar-refractivity contribution is 0.266. The number of halogens is 1. The zero-order valence-electron chi connectivity index (χ0n) is 15.7. The summed E-state index contributed by atoms with van der Waals surface area (Å²) in [6.45, 7) is 7.60. The van der Waals surface area contributed by atoms with E-state index in [0.717, 1.165) is 31.2 Å². The van der Waals surface area contributed by atoms with Crippen LogP contribution in [0.4, 0.5) is 11.5 Å². The first-order valence-corrected chi connectivity index (χ1v) is 10.1. The smallest absolute Gasteiger partial charge is 0.354 e. The second-order valence-electron chi connectivity index (χ2n) is 7.91. The first-order chi connectivity index (χ1) is 14.0. The molecule has 0 saturated heterocycles. The van der Waals surface area contributed by atoms with Crippen LogP contribution in [0.3, 0.4) is 0 Å². The van der Waals surface area contributed by atoms with Crippen LogP contribution < -0.4 is 11.0 Å². The number of aliphatic hydroxyl groups is 1. The maximum absolute atomic E-state index is 13.1. The second kappa shape index (κ2) is 6.58. The average molecular weight is 407 g/mol. The fourth-order valence-corrected chi connectivity index (χ4v) is 4.00. The van der Waals surface area contributed by atoms with Gasteiger partial charge in [0.15, 0.2) is 5.69 Å². The van der Waals surface area contributed by atoms with Gasteiger partial charge in [-0.3, -0.25) is 4.57 Å². The fourth-order valence-electron chi connectivity index (χ4n) is 3.78. The minimum Gasteiger partial charge on any atom is -0.394 e. The molecule has 2 aliphatic carbocycles. The predicted molar refractivity (Wildman–Crippen MR) is 113 cm³/mol. The first kappa shape index (κ1) is 18.2. The van der Waals surface area contributed by atoms with Crippen molar-refractivity contribution in [2.75, 3.05) is 11.9 Å². The largest absolute Gasteiger partial charge is 0.394 e. The van der Waals surface area contributed by atoms with Gasteiger partial charge in [0.1, 0.15) is 5.82 Å². The zero-order valence-corrected chi connectivity index (χ0v) is 16.4. The van der Waals surface area contributed by atoms with Crippen LogP contribution in [0.2, 0.25) is 5.02 Å². The molecule has 2 aliphatic rings. The van der Waals surface area contributed by atoms with Gasteiger partial charge < -0.3 is 10.4 Å². The van der Waals surface area contributed by atoms with Crippen LogP contribution in [-0.2, 0) is 0 Å². The molecule has 0 radical (unpaired) electrons. The van der Waals surface area contributed by atoms with Crippen molar-refractivity contribution in [3.05, 3.63) is 68.9 Å². The molecular weight excluding hydrogens is 388 g/mol. The molecule has 0 amide bonds. The molecule has 2 fully saturated rings. The maximum Gasteiger partial charge on any atom is 0.354 e. The number of hydrogen-bond donors (Lipinski definition) is 2. The molecule has 7 heteroatoms. The van der Waals surface area contributed by atoms with Crippen LogP contribution in [-0.4, -0.2) is 26.8 Å². The Kier molecular flexibility index (Phi) is 4.12. The number of nitrogens with zero attached hydrogens (tertiary/aromatic N) is 3. The van der Waals surface area contributed by atoms with Crippen molar-refractivity contribution in [1.82, 2.24) is 9.55 Å². The molecular formula is C22H19ClN4O2. The lowest BCUT2D eigenvalue weighted by Gasteiger charge is -2.20. The van der Waals surface area contributed by atoms with Crippen LogP contribution in [0.1, 0.15) is 37.2 Å². The molecule has 5 rings (SSSR count). The summed E-state index contributed by atoms with van der Waals surface area (Å²) < 4.78 is 1.51. The van der Waals surface area contributed by atoms with Gasteiger partial charge in [0, 0.05) is 5.39 Å². The summed E-state index contributed by atoms with van der Waals surface area (Å²) in [5.74, 6) is 0.766. The molecule has 1 aromatic heterocycles. The molecule has 29 heavy (non-hydrogen) atoms. The van der Waals surface area contributed by atoms with E-state index >= 15 is 0 Å². The standard InChI is InChI=1S/C22H19ClN4O2/c1-24-17-10-15-19(11-14(17)13-6-7-13)27(18-5-3-2-4-16(18)23)21(29)25-20(15)26-22(12-28)8-9-22/h2-5,10-11,13,28H,6-9,12H2,(H,25,26,29). The molecule has 2 saturated carbocycles. The van der Waals surface area contributed by atoms with E-state index < -0.39 is 11.2 Å². The summed E-state index contributed by atoms with van der Waals surface area (Å²) in [4.78, 5) is 21.1.